The zero-order valence-electron chi connectivity index (χ0n) is 14.1. The average molecular weight is 326 g/mol. The van der Waals surface area contributed by atoms with Crippen molar-refractivity contribution in [2.45, 2.75) is 38.2 Å². The van der Waals surface area contributed by atoms with E-state index in [9.17, 15) is 4.79 Å². The fourth-order valence-electron chi connectivity index (χ4n) is 4.03. The number of hydrogen-bond donors (Lipinski definition) is 0. The number of aromatic nitrogens is 1. The third kappa shape index (κ3) is 2.53. The lowest BCUT2D eigenvalue weighted by atomic mass is 9.89. The first-order chi connectivity index (χ1) is 11.6. The first kappa shape index (κ1) is 15.4. The van der Waals surface area contributed by atoms with Crippen LogP contribution in [0.25, 0.3) is 0 Å². The van der Waals surface area contributed by atoms with Crippen molar-refractivity contribution in [3.63, 3.8) is 0 Å². The molecule has 2 aliphatic rings. The highest BCUT2D eigenvalue weighted by Crippen LogP contribution is 2.42. The molecule has 1 amide bonds. The molecule has 0 radical (unpaired) electrons. The lowest BCUT2D eigenvalue weighted by Gasteiger charge is -2.23. The fraction of sp³-hybridized carbons (Fsp3) is 0.474. The highest BCUT2D eigenvalue weighted by atomic mass is 16.5. The summed E-state index contributed by atoms with van der Waals surface area (Å²) >= 11 is 0. The first-order valence-corrected chi connectivity index (χ1v) is 8.49. The number of ether oxygens (including phenoxy) is 1. The molecule has 126 valence electrons. The molecule has 2 aromatic rings. The maximum atomic E-state index is 12.8. The lowest BCUT2D eigenvalue weighted by Crippen LogP contribution is -2.36. The van der Waals surface area contributed by atoms with E-state index in [0.717, 1.165) is 26.0 Å². The van der Waals surface area contributed by atoms with Crippen molar-refractivity contribution in [1.82, 2.24) is 10.1 Å². The smallest absolute Gasteiger partial charge is 0.259 e. The Morgan fingerprint density at radius 2 is 2.08 bits per heavy atom. The van der Waals surface area contributed by atoms with Crippen LogP contribution < -0.4 is 0 Å². The Kier molecular flexibility index (Phi) is 3.68. The van der Waals surface area contributed by atoms with E-state index >= 15 is 0 Å². The molecule has 2 unspecified atom stereocenters. The Balaban J connectivity index is 1.48. The number of benzene rings is 1. The molecular formula is C19H22N2O3. The van der Waals surface area contributed by atoms with Crippen LogP contribution in [0.4, 0.5) is 0 Å². The van der Waals surface area contributed by atoms with Crippen LogP contribution in [-0.2, 0) is 4.74 Å². The van der Waals surface area contributed by atoms with Gasteiger partial charge in [-0.05, 0) is 32.3 Å². The molecule has 1 spiro atoms. The molecule has 2 saturated heterocycles. The molecule has 1 aromatic carbocycles. The molecular weight excluding hydrogens is 304 g/mol. The number of aryl methyl sites for hydroxylation is 2. The zero-order chi connectivity index (χ0) is 16.7. The Bertz CT molecular complexity index is 736. The molecule has 0 N–H and O–H groups in total. The zero-order valence-corrected chi connectivity index (χ0v) is 14.1. The third-order valence-electron chi connectivity index (χ3n) is 5.33. The van der Waals surface area contributed by atoms with Gasteiger partial charge >= 0.3 is 0 Å². The summed E-state index contributed by atoms with van der Waals surface area (Å²) in [4.78, 5) is 14.7. The van der Waals surface area contributed by atoms with E-state index in [1.165, 1.54) is 5.56 Å². The van der Waals surface area contributed by atoms with Gasteiger partial charge in [0, 0.05) is 12.5 Å². The van der Waals surface area contributed by atoms with Crippen LogP contribution in [0.5, 0.6) is 0 Å². The highest BCUT2D eigenvalue weighted by Gasteiger charge is 2.47. The molecule has 4 rings (SSSR count). The molecule has 24 heavy (non-hydrogen) atoms. The summed E-state index contributed by atoms with van der Waals surface area (Å²) in [6, 6.07) is 10.5. The van der Waals surface area contributed by atoms with E-state index < -0.39 is 0 Å². The topological polar surface area (TPSA) is 55.6 Å². The van der Waals surface area contributed by atoms with E-state index in [-0.39, 0.29) is 11.5 Å². The number of hydrogen-bond acceptors (Lipinski definition) is 4. The fourth-order valence-corrected chi connectivity index (χ4v) is 4.03. The molecule has 2 fully saturated rings. The Labute approximate surface area is 141 Å². The van der Waals surface area contributed by atoms with E-state index in [2.05, 4.69) is 29.4 Å². The van der Waals surface area contributed by atoms with E-state index in [1.807, 2.05) is 17.9 Å². The summed E-state index contributed by atoms with van der Waals surface area (Å²) in [7, 11) is 0. The van der Waals surface area contributed by atoms with E-state index in [0.29, 0.717) is 29.5 Å². The molecule has 5 heteroatoms. The van der Waals surface area contributed by atoms with Crippen molar-refractivity contribution in [2.75, 3.05) is 19.7 Å². The largest absolute Gasteiger partial charge is 0.372 e. The lowest BCUT2D eigenvalue weighted by molar-refractivity contribution is 0.0123. The molecule has 0 aliphatic carbocycles. The van der Waals surface area contributed by atoms with Crippen molar-refractivity contribution in [2.24, 2.45) is 0 Å². The van der Waals surface area contributed by atoms with Crippen molar-refractivity contribution in [3.05, 3.63) is 52.9 Å². The second-order valence-corrected chi connectivity index (χ2v) is 6.98. The molecule has 0 bridgehead atoms. The molecule has 1 aromatic heterocycles. The van der Waals surface area contributed by atoms with Gasteiger partial charge in [0.1, 0.15) is 11.3 Å². The van der Waals surface area contributed by atoms with Gasteiger partial charge in [0.25, 0.3) is 5.91 Å². The second-order valence-electron chi connectivity index (χ2n) is 6.98. The van der Waals surface area contributed by atoms with Gasteiger partial charge < -0.3 is 14.2 Å². The molecule has 2 atom stereocenters. The highest BCUT2D eigenvalue weighted by molar-refractivity contribution is 5.96. The summed E-state index contributed by atoms with van der Waals surface area (Å²) in [5, 5.41) is 3.90. The van der Waals surface area contributed by atoms with Gasteiger partial charge in [0.05, 0.1) is 24.4 Å². The number of amides is 1. The Morgan fingerprint density at radius 3 is 2.79 bits per heavy atom. The van der Waals surface area contributed by atoms with Crippen LogP contribution in [0.15, 0.2) is 34.9 Å². The van der Waals surface area contributed by atoms with Crippen molar-refractivity contribution >= 4 is 5.91 Å². The molecule has 5 nitrogen and oxygen atoms in total. The molecule has 3 heterocycles. The second kappa shape index (κ2) is 5.74. The average Bonchev–Trinajstić information content (AvgIpc) is 3.29. The van der Waals surface area contributed by atoms with Gasteiger partial charge in [-0.2, -0.15) is 0 Å². The predicted octanol–water partition coefficient (Wildman–Crippen LogP) is 3.08. The number of likely N-dealkylation sites (tertiary alicyclic amines) is 1. The Morgan fingerprint density at radius 1 is 1.29 bits per heavy atom. The van der Waals surface area contributed by atoms with Gasteiger partial charge in [-0.25, -0.2) is 0 Å². The maximum Gasteiger partial charge on any atom is 0.259 e. The van der Waals surface area contributed by atoms with Crippen molar-refractivity contribution in [1.29, 1.82) is 0 Å². The number of carbonyl (C=O) groups is 1. The van der Waals surface area contributed by atoms with Crippen LogP contribution in [0, 0.1) is 13.8 Å². The molecule has 2 aliphatic heterocycles. The Hall–Kier alpha value is -2.14. The van der Waals surface area contributed by atoms with Gasteiger partial charge in [-0.1, -0.05) is 35.5 Å². The van der Waals surface area contributed by atoms with Crippen LogP contribution in [0.3, 0.4) is 0 Å². The normalized spacial score (nSPS) is 26.4. The minimum atomic E-state index is -0.199. The summed E-state index contributed by atoms with van der Waals surface area (Å²) in [6.45, 7) is 5.71. The number of rotatable bonds is 2. The number of carbonyl (C=O) groups excluding carboxylic acids is 1. The number of nitrogens with zero attached hydrogens (tertiary/aromatic N) is 2. The predicted molar refractivity (Wildman–Crippen MR) is 89.0 cm³/mol. The van der Waals surface area contributed by atoms with Crippen molar-refractivity contribution < 1.29 is 14.1 Å². The van der Waals surface area contributed by atoms with Gasteiger partial charge in [-0.3, -0.25) is 4.79 Å². The standard InChI is InChI=1S/C19H22N2O3/c1-13-17(14(2)24-20-13)18(22)21-9-8-19(12-21)10-16(11-23-19)15-6-4-3-5-7-15/h3-7,16H,8-12H2,1-2H3. The van der Waals surface area contributed by atoms with Crippen LogP contribution in [-0.4, -0.2) is 41.3 Å². The summed E-state index contributed by atoms with van der Waals surface area (Å²) in [6.07, 6.45) is 1.87. The first-order valence-electron chi connectivity index (χ1n) is 8.49. The quantitative estimate of drug-likeness (QED) is 0.851. The minimum Gasteiger partial charge on any atom is -0.372 e. The van der Waals surface area contributed by atoms with Gasteiger partial charge in [-0.15, -0.1) is 0 Å². The monoisotopic (exact) mass is 326 g/mol. The van der Waals surface area contributed by atoms with Gasteiger partial charge in [0.15, 0.2) is 0 Å². The summed E-state index contributed by atoms with van der Waals surface area (Å²) < 4.78 is 11.3. The maximum absolute atomic E-state index is 12.8. The van der Waals surface area contributed by atoms with Gasteiger partial charge in [0.2, 0.25) is 0 Å². The SMILES string of the molecule is Cc1noc(C)c1C(=O)N1CCC2(CC(c3ccccc3)CO2)C1. The summed E-state index contributed by atoms with van der Waals surface area (Å²) in [5.74, 6) is 1.02. The third-order valence-corrected chi connectivity index (χ3v) is 5.33. The van der Waals surface area contributed by atoms with Crippen LogP contribution in [0.1, 0.15) is 46.1 Å². The van der Waals surface area contributed by atoms with Crippen molar-refractivity contribution in [3.8, 4) is 0 Å². The van der Waals surface area contributed by atoms with E-state index in [1.54, 1.807) is 6.92 Å². The van der Waals surface area contributed by atoms with E-state index in [4.69, 9.17) is 9.26 Å². The van der Waals surface area contributed by atoms with Crippen LogP contribution >= 0.6 is 0 Å². The summed E-state index contributed by atoms with van der Waals surface area (Å²) in [5.41, 5.74) is 2.39. The molecule has 0 saturated carbocycles. The van der Waals surface area contributed by atoms with Crippen LogP contribution in [0.2, 0.25) is 0 Å². The minimum absolute atomic E-state index is 0.00915.